The monoisotopic (exact) mass is 245 g/mol. The summed E-state index contributed by atoms with van der Waals surface area (Å²) in [5.41, 5.74) is 0. The minimum atomic E-state index is -0.875. The van der Waals surface area contributed by atoms with Gasteiger partial charge in [0.15, 0.2) is 0 Å². The fourth-order valence-electron chi connectivity index (χ4n) is 1.28. The summed E-state index contributed by atoms with van der Waals surface area (Å²) >= 11 is 0. The number of carboxylic acid groups (broad SMARTS) is 1. The molecule has 1 atom stereocenters. The number of amides is 2. The Hall–Kier alpha value is -1.30. The lowest BCUT2D eigenvalue weighted by Gasteiger charge is -2.11. The molecule has 0 aromatic heterocycles. The number of carbonyl (C=O) groups excluding carboxylic acids is 1. The molecule has 0 fully saturated rings. The van der Waals surface area contributed by atoms with Crippen molar-refractivity contribution in [2.24, 2.45) is 5.92 Å². The van der Waals surface area contributed by atoms with E-state index >= 15 is 0 Å². The number of rotatable bonds is 9. The molecule has 2 amide bonds. The summed E-state index contributed by atoms with van der Waals surface area (Å²) in [6.45, 7) is 6.35. The van der Waals surface area contributed by atoms with Gasteiger partial charge in [0.2, 0.25) is 0 Å². The van der Waals surface area contributed by atoms with Crippen molar-refractivity contribution >= 4 is 12.0 Å². The Balaban J connectivity index is 3.55. The minimum Gasteiger partial charge on any atom is -0.481 e. The second-order valence-corrected chi connectivity index (χ2v) is 3.79. The van der Waals surface area contributed by atoms with Crippen molar-refractivity contribution < 1.29 is 14.7 Å². The van der Waals surface area contributed by atoms with Crippen LogP contribution in [0.15, 0.2) is 0 Å². The molecular formula is C11H23N3O3. The van der Waals surface area contributed by atoms with Crippen molar-refractivity contribution in [2.45, 2.75) is 26.7 Å². The van der Waals surface area contributed by atoms with Crippen molar-refractivity contribution in [3.8, 4) is 0 Å². The molecule has 0 aromatic carbocycles. The van der Waals surface area contributed by atoms with E-state index in [-0.39, 0.29) is 12.6 Å². The molecule has 0 aromatic rings. The van der Waals surface area contributed by atoms with Gasteiger partial charge >= 0.3 is 12.0 Å². The van der Waals surface area contributed by atoms with Crippen LogP contribution in [0.4, 0.5) is 4.79 Å². The van der Waals surface area contributed by atoms with Crippen LogP contribution >= 0.6 is 0 Å². The highest BCUT2D eigenvalue weighted by molar-refractivity contribution is 5.75. The van der Waals surface area contributed by atoms with Crippen LogP contribution in [0.1, 0.15) is 26.7 Å². The van der Waals surface area contributed by atoms with E-state index in [1.54, 1.807) is 6.92 Å². The van der Waals surface area contributed by atoms with Crippen LogP contribution in [0, 0.1) is 5.92 Å². The first-order valence-corrected chi connectivity index (χ1v) is 6.07. The molecule has 17 heavy (non-hydrogen) atoms. The fraction of sp³-hybridized carbons (Fsp3) is 0.818. The number of nitrogens with one attached hydrogen (secondary N) is 3. The van der Waals surface area contributed by atoms with Gasteiger partial charge in [0.1, 0.15) is 0 Å². The summed E-state index contributed by atoms with van der Waals surface area (Å²) in [7, 11) is 0. The average molecular weight is 245 g/mol. The van der Waals surface area contributed by atoms with Gasteiger partial charge in [0.25, 0.3) is 0 Å². The second-order valence-electron chi connectivity index (χ2n) is 3.79. The normalized spacial score (nSPS) is 11.9. The van der Waals surface area contributed by atoms with Crippen molar-refractivity contribution in [3.05, 3.63) is 0 Å². The highest BCUT2D eigenvalue weighted by Crippen LogP contribution is 1.99. The molecule has 1 unspecified atom stereocenters. The van der Waals surface area contributed by atoms with Gasteiger partial charge in [-0.05, 0) is 25.9 Å². The predicted molar refractivity (Wildman–Crippen MR) is 66.0 cm³/mol. The smallest absolute Gasteiger partial charge is 0.314 e. The van der Waals surface area contributed by atoms with Crippen LogP contribution in [-0.2, 0) is 4.79 Å². The van der Waals surface area contributed by atoms with Gasteiger partial charge in [-0.2, -0.15) is 0 Å². The first-order valence-electron chi connectivity index (χ1n) is 6.07. The Kier molecular flexibility index (Phi) is 9.14. The lowest BCUT2D eigenvalue weighted by Crippen LogP contribution is -2.40. The quantitative estimate of drug-likeness (QED) is 0.442. The van der Waals surface area contributed by atoms with Crippen LogP contribution in [0.5, 0.6) is 0 Å². The summed E-state index contributed by atoms with van der Waals surface area (Å²) < 4.78 is 0. The van der Waals surface area contributed by atoms with E-state index in [0.717, 1.165) is 19.5 Å². The van der Waals surface area contributed by atoms with E-state index in [0.29, 0.717) is 13.0 Å². The molecule has 0 aliphatic heterocycles. The van der Waals surface area contributed by atoms with Gasteiger partial charge in [0.05, 0.1) is 5.92 Å². The highest BCUT2D eigenvalue weighted by atomic mass is 16.4. The number of urea groups is 1. The highest BCUT2D eigenvalue weighted by Gasteiger charge is 2.15. The first-order chi connectivity index (χ1) is 8.11. The van der Waals surface area contributed by atoms with Gasteiger partial charge in [-0.1, -0.05) is 13.8 Å². The van der Waals surface area contributed by atoms with Crippen molar-refractivity contribution in [1.29, 1.82) is 0 Å². The van der Waals surface area contributed by atoms with Crippen LogP contribution < -0.4 is 16.0 Å². The summed E-state index contributed by atoms with van der Waals surface area (Å²) in [5, 5.41) is 17.2. The van der Waals surface area contributed by atoms with E-state index < -0.39 is 11.9 Å². The average Bonchev–Trinajstić information content (AvgIpc) is 2.29. The van der Waals surface area contributed by atoms with Crippen molar-refractivity contribution in [3.63, 3.8) is 0 Å². The van der Waals surface area contributed by atoms with Gasteiger partial charge in [-0.25, -0.2) is 4.79 Å². The van der Waals surface area contributed by atoms with E-state index in [1.165, 1.54) is 0 Å². The number of hydrogen-bond donors (Lipinski definition) is 4. The SMILES string of the molecule is CCNCCCNC(=O)NCC(CC)C(=O)O. The first kappa shape index (κ1) is 15.7. The minimum absolute atomic E-state index is 0.172. The van der Waals surface area contributed by atoms with Crippen molar-refractivity contribution in [2.75, 3.05) is 26.2 Å². The standard InChI is InChI=1S/C11H23N3O3/c1-3-9(10(15)16)8-14-11(17)13-7-5-6-12-4-2/h9,12H,3-8H2,1-2H3,(H,15,16)(H2,13,14,17). The predicted octanol–water partition coefficient (Wildman–Crippen LogP) is 0.396. The molecule has 0 bridgehead atoms. The third kappa shape index (κ3) is 8.50. The maximum absolute atomic E-state index is 11.3. The Morgan fingerprint density at radius 2 is 1.88 bits per heavy atom. The Morgan fingerprint density at radius 1 is 1.18 bits per heavy atom. The number of carboxylic acids is 1. The summed E-state index contributed by atoms with van der Waals surface area (Å²) in [6, 6.07) is -0.304. The maximum atomic E-state index is 11.3. The molecule has 0 saturated heterocycles. The molecule has 0 radical (unpaired) electrons. The van der Waals surface area contributed by atoms with Crippen LogP contribution in [0.3, 0.4) is 0 Å². The zero-order chi connectivity index (χ0) is 13.1. The Labute approximate surface area is 102 Å². The van der Waals surface area contributed by atoms with E-state index in [2.05, 4.69) is 16.0 Å². The number of carbonyl (C=O) groups is 2. The lowest BCUT2D eigenvalue weighted by atomic mass is 10.1. The Morgan fingerprint density at radius 3 is 2.41 bits per heavy atom. The molecular weight excluding hydrogens is 222 g/mol. The second kappa shape index (κ2) is 9.89. The zero-order valence-electron chi connectivity index (χ0n) is 10.6. The van der Waals surface area contributed by atoms with E-state index in [9.17, 15) is 9.59 Å². The summed E-state index contributed by atoms with van der Waals surface area (Å²) in [5.74, 6) is -1.39. The largest absolute Gasteiger partial charge is 0.481 e. The fourth-order valence-corrected chi connectivity index (χ4v) is 1.28. The molecule has 0 saturated carbocycles. The molecule has 0 rings (SSSR count). The molecule has 6 heteroatoms. The van der Waals surface area contributed by atoms with Gasteiger partial charge < -0.3 is 21.1 Å². The third-order valence-electron chi connectivity index (χ3n) is 2.42. The topological polar surface area (TPSA) is 90.5 Å². The van der Waals surface area contributed by atoms with Crippen LogP contribution in [0.2, 0.25) is 0 Å². The molecule has 6 nitrogen and oxygen atoms in total. The van der Waals surface area contributed by atoms with Gasteiger partial charge in [-0.15, -0.1) is 0 Å². The molecule has 100 valence electrons. The third-order valence-corrected chi connectivity index (χ3v) is 2.42. The molecule has 4 N–H and O–H groups in total. The van der Waals surface area contributed by atoms with Crippen LogP contribution in [0.25, 0.3) is 0 Å². The van der Waals surface area contributed by atoms with Crippen LogP contribution in [-0.4, -0.2) is 43.3 Å². The number of aliphatic carboxylic acids is 1. The summed E-state index contributed by atoms with van der Waals surface area (Å²) in [4.78, 5) is 22.0. The van der Waals surface area contributed by atoms with Crippen molar-refractivity contribution in [1.82, 2.24) is 16.0 Å². The van der Waals surface area contributed by atoms with E-state index in [4.69, 9.17) is 5.11 Å². The molecule has 0 spiro atoms. The zero-order valence-corrected chi connectivity index (χ0v) is 10.6. The van der Waals surface area contributed by atoms with Gasteiger partial charge in [0, 0.05) is 13.1 Å². The lowest BCUT2D eigenvalue weighted by molar-refractivity contribution is -0.141. The van der Waals surface area contributed by atoms with Gasteiger partial charge in [-0.3, -0.25) is 4.79 Å². The molecule has 0 heterocycles. The molecule has 0 aliphatic carbocycles. The maximum Gasteiger partial charge on any atom is 0.314 e. The summed E-state index contributed by atoms with van der Waals surface area (Å²) in [6.07, 6.45) is 1.37. The molecule has 0 aliphatic rings. The van der Waals surface area contributed by atoms with E-state index in [1.807, 2.05) is 6.92 Å². The Bertz CT molecular complexity index is 234. The number of hydrogen-bond acceptors (Lipinski definition) is 3.